The topological polar surface area (TPSA) is 61.9 Å². The first kappa shape index (κ1) is 13.9. The van der Waals surface area contributed by atoms with Crippen LogP contribution in [0.3, 0.4) is 0 Å². The molecule has 0 fully saturated rings. The number of anilines is 2. The first-order valence-corrected chi connectivity index (χ1v) is 6.51. The Kier molecular flexibility index (Phi) is 4.20. The fourth-order valence-corrected chi connectivity index (χ4v) is 1.86. The number of benzene rings is 2. The minimum atomic E-state index is 0.503. The van der Waals surface area contributed by atoms with Crippen LogP contribution in [0.1, 0.15) is 18.1 Å². The Balaban J connectivity index is 2.31. The van der Waals surface area contributed by atoms with Gasteiger partial charge in [0.1, 0.15) is 0 Å². The fraction of sp³-hybridized carbons (Fsp3) is 0.118. The number of nitrogens with two attached hydrogens (primary N) is 1. The van der Waals surface area contributed by atoms with Crippen LogP contribution in [0, 0.1) is 12.3 Å². The summed E-state index contributed by atoms with van der Waals surface area (Å²) in [5, 5.41) is 11.0. The summed E-state index contributed by atoms with van der Waals surface area (Å²) in [5.41, 5.74) is 11.1. The van der Waals surface area contributed by atoms with E-state index in [-0.39, 0.29) is 0 Å². The Labute approximate surface area is 119 Å². The van der Waals surface area contributed by atoms with E-state index < -0.39 is 0 Å². The molecule has 2 aromatic carbocycles. The molecule has 0 saturated carbocycles. The summed E-state index contributed by atoms with van der Waals surface area (Å²) in [5.74, 6) is 0. The van der Waals surface area contributed by atoms with Crippen molar-refractivity contribution in [2.24, 2.45) is 0 Å². The van der Waals surface area contributed by atoms with E-state index in [2.05, 4.69) is 36.5 Å². The Morgan fingerprint density at radius 1 is 1.05 bits per heavy atom. The van der Waals surface area contributed by atoms with Crippen LogP contribution in [0.5, 0.6) is 0 Å². The van der Waals surface area contributed by atoms with Gasteiger partial charge in [0.05, 0.1) is 0 Å². The van der Waals surface area contributed by atoms with Gasteiger partial charge in [-0.1, -0.05) is 29.8 Å². The lowest BCUT2D eigenvalue weighted by atomic mass is 10.1. The smallest absolute Gasteiger partial charge is 0.0475 e. The Morgan fingerprint density at radius 3 is 2.20 bits per heavy atom. The molecule has 0 aliphatic rings. The zero-order chi connectivity index (χ0) is 14.5. The first-order chi connectivity index (χ1) is 9.54. The summed E-state index contributed by atoms with van der Waals surface area (Å²) in [6, 6.07) is 15.8. The van der Waals surface area contributed by atoms with E-state index in [0.29, 0.717) is 5.71 Å². The average Bonchev–Trinajstić information content (AvgIpc) is 2.41. The Hall–Kier alpha value is -2.55. The molecule has 0 heterocycles. The quantitative estimate of drug-likeness (QED) is 0.576. The molecule has 20 heavy (non-hydrogen) atoms. The largest absolute Gasteiger partial charge is 0.399 e. The third kappa shape index (κ3) is 3.72. The van der Waals surface area contributed by atoms with Crippen LogP contribution in [0.25, 0.3) is 5.70 Å². The van der Waals surface area contributed by atoms with Gasteiger partial charge in [-0.25, -0.2) is 0 Å². The summed E-state index contributed by atoms with van der Waals surface area (Å²) in [4.78, 5) is 0. The van der Waals surface area contributed by atoms with Crippen molar-refractivity contribution in [3.63, 3.8) is 0 Å². The standard InChI is InChI=1S/C17H19N3/c1-12-3-5-14(6-4-12)17(11-13(2)18)20-16-9-7-15(19)8-10-16/h3-11,18,20H,19H2,1-2H3/b17-11-,18-13?. The van der Waals surface area contributed by atoms with Gasteiger partial charge in [0, 0.05) is 22.8 Å². The molecule has 0 aliphatic carbocycles. The Morgan fingerprint density at radius 2 is 1.65 bits per heavy atom. The van der Waals surface area contributed by atoms with Crippen molar-refractivity contribution in [2.75, 3.05) is 11.1 Å². The summed E-state index contributed by atoms with van der Waals surface area (Å²) < 4.78 is 0. The van der Waals surface area contributed by atoms with Crippen LogP contribution >= 0.6 is 0 Å². The highest BCUT2D eigenvalue weighted by Crippen LogP contribution is 2.20. The van der Waals surface area contributed by atoms with Crippen molar-refractivity contribution < 1.29 is 0 Å². The summed E-state index contributed by atoms with van der Waals surface area (Å²) >= 11 is 0. The molecular formula is C17H19N3. The summed E-state index contributed by atoms with van der Waals surface area (Å²) in [6.07, 6.45) is 1.82. The first-order valence-electron chi connectivity index (χ1n) is 6.51. The minimum Gasteiger partial charge on any atom is -0.399 e. The van der Waals surface area contributed by atoms with E-state index in [1.807, 2.05) is 30.3 Å². The minimum absolute atomic E-state index is 0.503. The van der Waals surface area contributed by atoms with E-state index >= 15 is 0 Å². The van der Waals surface area contributed by atoms with E-state index in [9.17, 15) is 0 Å². The average molecular weight is 265 g/mol. The lowest BCUT2D eigenvalue weighted by molar-refractivity contribution is 1.43. The molecule has 0 bridgehead atoms. The summed E-state index contributed by atoms with van der Waals surface area (Å²) in [7, 11) is 0. The van der Waals surface area contributed by atoms with Gasteiger partial charge in [0.2, 0.25) is 0 Å². The van der Waals surface area contributed by atoms with Crippen molar-refractivity contribution in [3.8, 4) is 0 Å². The van der Waals surface area contributed by atoms with Gasteiger partial charge in [-0.3, -0.25) is 0 Å². The molecule has 102 valence electrons. The maximum absolute atomic E-state index is 7.68. The van der Waals surface area contributed by atoms with E-state index in [0.717, 1.165) is 22.6 Å². The number of aryl methyl sites for hydroxylation is 1. The van der Waals surface area contributed by atoms with Gasteiger partial charge in [0.25, 0.3) is 0 Å². The molecule has 0 amide bonds. The number of hydrogen-bond donors (Lipinski definition) is 3. The molecule has 0 aliphatic heterocycles. The van der Waals surface area contributed by atoms with E-state index in [1.54, 1.807) is 6.92 Å². The molecule has 3 nitrogen and oxygen atoms in total. The lowest BCUT2D eigenvalue weighted by Gasteiger charge is -2.12. The van der Waals surface area contributed by atoms with Crippen molar-refractivity contribution in [1.82, 2.24) is 0 Å². The summed E-state index contributed by atoms with van der Waals surface area (Å²) in [6.45, 7) is 3.82. The SMILES string of the molecule is CC(=N)/C=C(\Nc1ccc(N)cc1)c1ccc(C)cc1. The number of hydrogen-bond acceptors (Lipinski definition) is 3. The number of allylic oxidation sites excluding steroid dienone is 1. The molecule has 0 aromatic heterocycles. The van der Waals surface area contributed by atoms with Crippen molar-refractivity contribution in [2.45, 2.75) is 13.8 Å². The maximum atomic E-state index is 7.68. The van der Waals surface area contributed by atoms with Gasteiger partial charge in [-0.05, 0) is 49.8 Å². The predicted octanol–water partition coefficient (Wildman–Crippen LogP) is 4.07. The van der Waals surface area contributed by atoms with Crippen molar-refractivity contribution in [3.05, 3.63) is 65.7 Å². The highest BCUT2D eigenvalue weighted by atomic mass is 14.9. The number of rotatable bonds is 4. The van der Waals surface area contributed by atoms with Crippen LogP contribution in [-0.4, -0.2) is 5.71 Å². The lowest BCUT2D eigenvalue weighted by Crippen LogP contribution is -2.01. The van der Waals surface area contributed by atoms with E-state index in [4.69, 9.17) is 11.1 Å². The monoisotopic (exact) mass is 265 g/mol. The molecule has 0 radical (unpaired) electrons. The second-order valence-corrected chi connectivity index (χ2v) is 4.85. The third-order valence-electron chi connectivity index (χ3n) is 2.91. The molecule has 0 saturated heterocycles. The van der Waals surface area contributed by atoms with Crippen LogP contribution in [0.15, 0.2) is 54.6 Å². The van der Waals surface area contributed by atoms with E-state index in [1.165, 1.54) is 5.56 Å². The number of nitrogens with one attached hydrogen (secondary N) is 2. The molecule has 2 aromatic rings. The highest BCUT2D eigenvalue weighted by Gasteiger charge is 2.03. The molecule has 4 N–H and O–H groups in total. The molecular weight excluding hydrogens is 246 g/mol. The van der Waals surface area contributed by atoms with Gasteiger partial charge in [0.15, 0.2) is 0 Å². The normalized spacial score (nSPS) is 11.2. The number of nitrogen functional groups attached to an aromatic ring is 1. The van der Waals surface area contributed by atoms with Crippen LogP contribution < -0.4 is 11.1 Å². The van der Waals surface area contributed by atoms with Gasteiger partial charge >= 0.3 is 0 Å². The van der Waals surface area contributed by atoms with Crippen LogP contribution in [0.2, 0.25) is 0 Å². The molecule has 0 unspecified atom stereocenters. The fourth-order valence-electron chi connectivity index (χ4n) is 1.86. The zero-order valence-corrected chi connectivity index (χ0v) is 11.8. The van der Waals surface area contributed by atoms with Gasteiger partial charge in [-0.15, -0.1) is 0 Å². The second-order valence-electron chi connectivity index (χ2n) is 4.85. The third-order valence-corrected chi connectivity index (χ3v) is 2.91. The van der Waals surface area contributed by atoms with Gasteiger partial charge < -0.3 is 16.5 Å². The predicted molar refractivity (Wildman–Crippen MR) is 87.0 cm³/mol. The molecule has 0 spiro atoms. The molecule has 0 atom stereocenters. The van der Waals surface area contributed by atoms with Crippen molar-refractivity contribution >= 4 is 22.8 Å². The highest BCUT2D eigenvalue weighted by molar-refractivity contribution is 5.99. The van der Waals surface area contributed by atoms with Crippen LogP contribution in [-0.2, 0) is 0 Å². The maximum Gasteiger partial charge on any atom is 0.0475 e. The molecule has 2 rings (SSSR count). The van der Waals surface area contributed by atoms with Crippen molar-refractivity contribution in [1.29, 1.82) is 5.41 Å². The van der Waals surface area contributed by atoms with Gasteiger partial charge in [-0.2, -0.15) is 0 Å². The molecule has 3 heteroatoms. The van der Waals surface area contributed by atoms with Crippen LogP contribution in [0.4, 0.5) is 11.4 Å². The second kappa shape index (κ2) is 6.06. The zero-order valence-electron chi connectivity index (χ0n) is 11.8. The Bertz CT molecular complexity index is 622.